The first-order valence-corrected chi connectivity index (χ1v) is 7.11. The van der Waals surface area contributed by atoms with E-state index in [1.807, 2.05) is 43.3 Å². The van der Waals surface area contributed by atoms with Crippen LogP contribution in [-0.2, 0) is 0 Å². The molecule has 3 nitrogen and oxygen atoms in total. The van der Waals surface area contributed by atoms with Crippen molar-refractivity contribution in [2.45, 2.75) is 26.9 Å². The molecule has 0 radical (unpaired) electrons. The predicted octanol–water partition coefficient (Wildman–Crippen LogP) is 3.32. The SMILES string of the molecule is CCN(CC)c1ncc([C@H](O)c2ccccc2)cc1C. The van der Waals surface area contributed by atoms with Gasteiger partial charge in [0.25, 0.3) is 0 Å². The van der Waals surface area contributed by atoms with E-state index in [4.69, 9.17) is 0 Å². The third-order valence-corrected chi connectivity index (χ3v) is 3.57. The Hall–Kier alpha value is -1.87. The Bertz CT molecular complexity index is 550. The zero-order chi connectivity index (χ0) is 14.5. The average Bonchev–Trinajstić information content (AvgIpc) is 2.50. The molecule has 0 saturated carbocycles. The van der Waals surface area contributed by atoms with Crippen molar-refractivity contribution in [2.75, 3.05) is 18.0 Å². The fourth-order valence-electron chi connectivity index (χ4n) is 2.42. The van der Waals surface area contributed by atoms with Gasteiger partial charge in [-0.25, -0.2) is 4.98 Å². The number of benzene rings is 1. The van der Waals surface area contributed by atoms with Crippen LogP contribution in [0, 0.1) is 6.92 Å². The molecule has 1 aromatic carbocycles. The molecule has 1 heterocycles. The summed E-state index contributed by atoms with van der Waals surface area (Å²) in [6.07, 6.45) is 1.16. The molecule has 0 amide bonds. The maximum absolute atomic E-state index is 10.4. The first-order chi connectivity index (χ1) is 9.67. The van der Waals surface area contributed by atoms with Gasteiger partial charge in [0, 0.05) is 24.8 Å². The molecule has 3 heteroatoms. The molecule has 2 aromatic rings. The first-order valence-electron chi connectivity index (χ1n) is 7.11. The van der Waals surface area contributed by atoms with E-state index in [-0.39, 0.29) is 0 Å². The second-order valence-electron chi connectivity index (χ2n) is 4.89. The van der Waals surface area contributed by atoms with Gasteiger partial charge in [-0.15, -0.1) is 0 Å². The molecule has 0 fully saturated rings. The van der Waals surface area contributed by atoms with Gasteiger partial charge in [0.2, 0.25) is 0 Å². The minimum Gasteiger partial charge on any atom is -0.384 e. The molecule has 1 N–H and O–H groups in total. The molecule has 0 aliphatic heterocycles. The normalized spacial score (nSPS) is 12.2. The minimum absolute atomic E-state index is 0.617. The Morgan fingerprint density at radius 1 is 1.10 bits per heavy atom. The van der Waals surface area contributed by atoms with E-state index in [0.717, 1.165) is 35.6 Å². The van der Waals surface area contributed by atoms with Gasteiger partial charge in [-0.2, -0.15) is 0 Å². The van der Waals surface area contributed by atoms with E-state index in [1.165, 1.54) is 0 Å². The Labute approximate surface area is 120 Å². The highest BCUT2D eigenvalue weighted by molar-refractivity contribution is 5.48. The maximum atomic E-state index is 10.4. The first kappa shape index (κ1) is 14.5. The summed E-state index contributed by atoms with van der Waals surface area (Å²) in [5, 5.41) is 10.4. The maximum Gasteiger partial charge on any atom is 0.131 e. The molecule has 0 aliphatic rings. The summed E-state index contributed by atoms with van der Waals surface area (Å²) in [6, 6.07) is 11.7. The molecular weight excluding hydrogens is 248 g/mol. The number of aromatic nitrogens is 1. The summed E-state index contributed by atoms with van der Waals surface area (Å²) in [6.45, 7) is 8.16. The smallest absolute Gasteiger partial charge is 0.131 e. The highest BCUT2D eigenvalue weighted by atomic mass is 16.3. The minimum atomic E-state index is -0.617. The molecule has 0 saturated heterocycles. The van der Waals surface area contributed by atoms with E-state index in [0.29, 0.717) is 0 Å². The zero-order valence-corrected chi connectivity index (χ0v) is 12.4. The summed E-state index contributed by atoms with van der Waals surface area (Å²) in [7, 11) is 0. The van der Waals surface area contributed by atoms with E-state index in [1.54, 1.807) is 6.20 Å². The van der Waals surface area contributed by atoms with Crippen LogP contribution in [0.25, 0.3) is 0 Å². The van der Waals surface area contributed by atoms with Crippen LogP contribution in [0.3, 0.4) is 0 Å². The fourth-order valence-corrected chi connectivity index (χ4v) is 2.42. The fraction of sp³-hybridized carbons (Fsp3) is 0.353. The molecule has 106 valence electrons. The van der Waals surface area contributed by atoms with Crippen LogP contribution in [0.4, 0.5) is 5.82 Å². The number of anilines is 1. The highest BCUT2D eigenvalue weighted by Gasteiger charge is 2.13. The molecule has 0 spiro atoms. The van der Waals surface area contributed by atoms with Gasteiger partial charge >= 0.3 is 0 Å². The molecular formula is C17H22N2O. The van der Waals surface area contributed by atoms with Crippen LogP contribution in [0.15, 0.2) is 42.6 Å². The Morgan fingerprint density at radius 2 is 1.75 bits per heavy atom. The standard InChI is InChI=1S/C17H22N2O/c1-4-19(5-2)17-13(3)11-15(12-18-17)16(20)14-9-7-6-8-10-14/h6-12,16,20H,4-5H2,1-3H3/t16-/m1/s1. The van der Waals surface area contributed by atoms with Crippen LogP contribution >= 0.6 is 0 Å². The largest absolute Gasteiger partial charge is 0.384 e. The van der Waals surface area contributed by atoms with Crippen molar-refractivity contribution in [1.82, 2.24) is 4.98 Å². The Morgan fingerprint density at radius 3 is 2.30 bits per heavy atom. The predicted molar refractivity (Wildman–Crippen MR) is 83.0 cm³/mol. The van der Waals surface area contributed by atoms with Crippen molar-refractivity contribution >= 4 is 5.82 Å². The molecule has 0 unspecified atom stereocenters. The van der Waals surface area contributed by atoms with E-state index in [9.17, 15) is 5.11 Å². The van der Waals surface area contributed by atoms with Crippen LogP contribution in [0.1, 0.15) is 36.6 Å². The van der Waals surface area contributed by atoms with Crippen molar-refractivity contribution in [2.24, 2.45) is 0 Å². The number of aliphatic hydroxyl groups excluding tert-OH is 1. The molecule has 1 atom stereocenters. The van der Waals surface area contributed by atoms with Crippen LogP contribution in [-0.4, -0.2) is 23.2 Å². The van der Waals surface area contributed by atoms with Gasteiger partial charge in [-0.1, -0.05) is 30.3 Å². The molecule has 0 bridgehead atoms. The van der Waals surface area contributed by atoms with Crippen molar-refractivity contribution in [3.63, 3.8) is 0 Å². The van der Waals surface area contributed by atoms with Crippen LogP contribution in [0.2, 0.25) is 0 Å². The van der Waals surface area contributed by atoms with Gasteiger partial charge in [0.1, 0.15) is 11.9 Å². The summed E-state index contributed by atoms with van der Waals surface area (Å²) in [5.41, 5.74) is 2.83. The van der Waals surface area contributed by atoms with Crippen molar-refractivity contribution in [3.05, 3.63) is 59.3 Å². The summed E-state index contributed by atoms with van der Waals surface area (Å²) in [4.78, 5) is 6.75. The van der Waals surface area contributed by atoms with Gasteiger partial charge in [0.05, 0.1) is 0 Å². The topological polar surface area (TPSA) is 36.4 Å². The van der Waals surface area contributed by atoms with E-state index < -0.39 is 6.10 Å². The number of nitrogens with zero attached hydrogens (tertiary/aromatic N) is 2. The van der Waals surface area contributed by atoms with Crippen molar-refractivity contribution < 1.29 is 5.11 Å². The zero-order valence-electron chi connectivity index (χ0n) is 12.4. The third kappa shape index (κ3) is 2.99. The lowest BCUT2D eigenvalue weighted by molar-refractivity contribution is 0.220. The summed E-state index contributed by atoms with van der Waals surface area (Å²) >= 11 is 0. The second kappa shape index (κ2) is 6.53. The summed E-state index contributed by atoms with van der Waals surface area (Å²) in [5.74, 6) is 0.999. The monoisotopic (exact) mass is 270 g/mol. The summed E-state index contributed by atoms with van der Waals surface area (Å²) < 4.78 is 0. The van der Waals surface area contributed by atoms with E-state index >= 15 is 0 Å². The number of hydrogen-bond donors (Lipinski definition) is 1. The highest BCUT2D eigenvalue weighted by Crippen LogP contribution is 2.25. The lowest BCUT2D eigenvalue weighted by atomic mass is 10.0. The lowest BCUT2D eigenvalue weighted by Gasteiger charge is -2.22. The number of pyridine rings is 1. The van der Waals surface area contributed by atoms with Gasteiger partial charge in [0.15, 0.2) is 0 Å². The molecule has 1 aromatic heterocycles. The van der Waals surface area contributed by atoms with Crippen LogP contribution in [0.5, 0.6) is 0 Å². The third-order valence-electron chi connectivity index (χ3n) is 3.57. The molecule has 20 heavy (non-hydrogen) atoms. The van der Waals surface area contributed by atoms with Gasteiger partial charge in [-0.05, 0) is 38.0 Å². The van der Waals surface area contributed by atoms with Gasteiger partial charge in [-0.3, -0.25) is 0 Å². The lowest BCUT2D eigenvalue weighted by Crippen LogP contribution is -2.24. The molecule has 2 rings (SSSR count). The number of rotatable bonds is 5. The van der Waals surface area contributed by atoms with Crippen LogP contribution < -0.4 is 4.90 Å². The van der Waals surface area contributed by atoms with E-state index in [2.05, 4.69) is 23.7 Å². The van der Waals surface area contributed by atoms with Crippen molar-refractivity contribution in [3.8, 4) is 0 Å². The number of aliphatic hydroxyl groups is 1. The van der Waals surface area contributed by atoms with Gasteiger partial charge < -0.3 is 10.0 Å². The molecule has 0 aliphatic carbocycles. The Balaban J connectivity index is 2.29. The average molecular weight is 270 g/mol. The number of aryl methyl sites for hydroxylation is 1. The quantitative estimate of drug-likeness (QED) is 0.905. The Kier molecular flexibility index (Phi) is 4.74. The second-order valence-corrected chi connectivity index (χ2v) is 4.89. The van der Waals surface area contributed by atoms with Crippen molar-refractivity contribution in [1.29, 1.82) is 0 Å². The number of hydrogen-bond acceptors (Lipinski definition) is 3.